The molecule has 0 heterocycles. The predicted molar refractivity (Wildman–Crippen MR) is 163 cm³/mol. The Labute approximate surface area is 252 Å². The molecule has 0 spiro atoms. The first-order valence-corrected chi connectivity index (χ1v) is 15.4. The van der Waals surface area contributed by atoms with Crippen molar-refractivity contribution in [3.63, 3.8) is 0 Å². The van der Waals surface area contributed by atoms with Gasteiger partial charge in [0.1, 0.15) is 18.3 Å². The van der Waals surface area contributed by atoms with Crippen LogP contribution in [0.4, 0.5) is 5.69 Å². The van der Waals surface area contributed by atoms with Crippen molar-refractivity contribution >= 4 is 50.7 Å². The van der Waals surface area contributed by atoms with E-state index in [4.69, 9.17) is 27.9 Å². The molecule has 3 rings (SSSR count). The number of halogens is 2. The zero-order valence-corrected chi connectivity index (χ0v) is 25.9. The summed E-state index contributed by atoms with van der Waals surface area (Å²) in [6.07, 6.45) is 1.69. The van der Waals surface area contributed by atoms with E-state index in [1.807, 2.05) is 19.9 Å². The fourth-order valence-electron chi connectivity index (χ4n) is 4.09. The van der Waals surface area contributed by atoms with Crippen molar-refractivity contribution in [2.45, 2.75) is 51.1 Å². The van der Waals surface area contributed by atoms with Crippen LogP contribution in [0.1, 0.15) is 37.8 Å². The highest BCUT2D eigenvalue weighted by molar-refractivity contribution is 7.92. The number of hydrogen-bond donors (Lipinski definition) is 1. The first-order valence-electron chi connectivity index (χ1n) is 13.2. The molecule has 0 aliphatic heterocycles. The summed E-state index contributed by atoms with van der Waals surface area (Å²) in [5.41, 5.74) is 1.76. The second-order valence-corrected chi connectivity index (χ2v) is 12.3. The number of nitrogens with one attached hydrogen (secondary N) is 1. The Morgan fingerprint density at radius 3 is 2.34 bits per heavy atom. The first kappa shape index (κ1) is 32.2. The highest BCUT2D eigenvalue weighted by Crippen LogP contribution is 2.31. The summed E-state index contributed by atoms with van der Waals surface area (Å²) in [6, 6.07) is 16.9. The number of methoxy groups -OCH3 is 1. The summed E-state index contributed by atoms with van der Waals surface area (Å²) < 4.78 is 34.1. The first-order chi connectivity index (χ1) is 19.5. The van der Waals surface area contributed by atoms with Crippen molar-refractivity contribution in [1.29, 1.82) is 0 Å². The Bertz CT molecular complexity index is 1470. The summed E-state index contributed by atoms with van der Waals surface area (Å²) in [4.78, 5) is 28.4. The Hall–Kier alpha value is -3.27. The standard InChI is InChI=1S/C30H35Cl2N3O5S/c1-5-6-16-33-30(37)22(3)34(19-23-8-7-9-25(17-23)40-4)29(36)20-35(24-12-15-27(31)28(32)18-24)41(38,39)26-13-10-21(2)11-14-26/h7-15,17-18,22H,5-6,16,19-20H2,1-4H3,(H,33,37). The van der Waals surface area contributed by atoms with Gasteiger partial charge < -0.3 is 15.0 Å². The van der Waals surface area contributed by atoms with Gasteiger partial charge in [-0.15, -0.1) is 0 Å². The topological polar surface area (TPSA) is 96.0 Å². The predicted octanol–water partition coefficient (Wildman–Crippen LogP) is 5.84. The number of amides is 2. The third-order valence-electron chi connectivity index (χ3n) is 6.56. The molecule has 0 saturated heterocycles. The number of sulfonamides is 1. The van der Waals surface area contributed by atoms with Crippen molar-refractivity contribution in [2.75, 3.05) is 24.5 Å². The van der Waals surface area contributed by atoms with Crippen molar-refractivity contribution in [1.82, 2.24) is 10.2 Å². The van der Waals surface area contributed by atoms with Crippen LogP contribution in [0.25, 0.3) is 0 Å². The third kappa shape index (κ3) is 8.38. The Kier molecular flexibility index (Phi) is 11.5. The van der Waals surface area contributed by atoms with Gasteiger partial charge in [0, 0.05) is 13.1 Å². The molecular weight excluding hydrogens is 585 g/mol. The van der Waals surface area contributed by atoms with Gasteiger partial charge in [-0.3, -0.25) is 13.9 Å². The van der Waals surface area contributed by atoms with E-state index in [1.165, 1.54) is 42.3 Å². The largest absolute Gasteiger partial charge is 0.497 e. The second-order valence-electron chi connectivity index (χ2n) is 9.62. The number of carbonyl (C=O) groups excluding carboxylic acids is 2. The molecule has 3 aromatic carbocycles. The number of unbranched alkanes of at least 4 members (excludes halogenated alkanes) is 1. The molecule has 220 valence electrons. The average Bonchev–Trinajstić information content (AvgIpc) is 2.96. The van der Waals surface area contributed by atoms with Gasteiger partial charge in [-0.1, -0.05) is 66.4 Å². The molecule has 0 saturated carbocycles. The van der Waals surface area contributed by atoms with Crippen LogP contribution < -0.4 is 14.4 Å². The van der Waals surface area contributed by atoms with E-state index < -0.39 is 28.5 Å². The smallest absolute Gasteiger partial charge is 0.264 e. The average molecular weight is 621 g/mol. The molecule has 0 radical (unpaired) electrons. The van der Waals surface area contributed by atoms with Gasteiger partial charge in [-0.2, -0.15) is 0 Å². The SMILES string of the molecule is CCCCNC(=O)C(C)N(Cc1cccc(OC)c1)C(=O)CN(c1ccc(Cl)c(Cl)c1)S(=O)(=O)c1ccc(C)cc1. The number of benzene rings is 3. The number of rotatable bonds is 13. The van der Waals surface area contributed by atoms with E-state index in [0.717, 1.165) is 22.7 Å². The number of aryl methyl sites for hydroxylation is 1. The van der Waals surface area contributed by atoms with Gasteiger partial charge in [-0.05, 0) is 68.3 Å². The van der Waals surface area contributed by atoms with Crippen LogP contribution in [0.5, 0.6) is 5.75 Å². The molecular formula is C30H35Cl2N3O5S. The van der Waals surface area contributed by atoms with Gasteiger partial charge in [0.15, 0.2) is 0 Å². The van der Waals surface area contributed by atoms with Crippen LogP contribution in [-0.2, 0) is 26.2 Å². The summed E-state index contributed by atoms with van der Waals surface area (Å²) in [6.45, 7) is 5.43. The van der Waals surface area contributed by atoms with Gasteiger partial charge in [0.05, 0.1) is 27.7 Å². The molecule has 0 fully saturated rings. The van der Waals surface area contributed by atoms with Crippen molar-refractivity contribution in [3.8, 4) is 5.75 Å². The van der Waals surface area contributed by atoms with E-state index in [0.29, 0.717) is 17.9 Å². The molecule has 1 N–H and O–H groups in total. The molecule has 0 aliphatic carbocycles. The van der Waals surface area contributed by atoms with Crippen LogP contribution in [0.2, 0.25) is 10.0 Å². The fourth-order valence-corrected chi connectivity index (χ4v) is 5.79. The van der Waals surface area contributed by atoms with Crippen LogP contribution in [-0.4, -0.2) is 51.4 Å². The Morgan fingerprint density at radius 2 is 1.71 bits per heavy atom. The van der Waals surface area contributed by atoms with E-state index >= 15 is 0 Å². The minimum absolute atomic E-state index is 0.00618. The monoisotopic (exact) mass is 619 g/mol. The van der Waals surface area contributed by atoms with Crippen LogP contribution in [0.15, 0.2) is 71.6 Å². The Balaban J connectivity index is 2.03. The number of carbonyl (C=O) groups is 2. The summed E-state index contributed by atoms with van der Waals surface area (Å²) >= 11 is 12.4. The minimum Gasteiger partial charge on any atom is -0.497 e. The summed E-state index contributed by atoms with van der Waals surface area (Å²) in [7, 11) is -2.67. The lowest BCUT2D eigenvalue weighted by Crippen LogP contribution is -2.51. The molecule has 1 unspecified atom stereocenters. The summed E-state index contributed by atoms with van der Waals surface area (Å²) in [5, 5.41) is 3.24. The zero-order valence-electron chi connectivity index (χ0n) is 23.6. The van der Waals surface area contributed by atoms with E-state index in [1.54, 1.807) is 37.3 Å². The quantitative estimate of drug-likeness (QED) is 0.243. The van der Waals surface area contributed by atoms with Crippen LogP contribution >= 0.6 is 23.2 Å². The highest BCUT2D eigenvalue weighted by atomic mass is 35.5. The van der Waals surface area contributed by atoms with Gasteiger partial charge in [0.2, 0.25) is 11.8 Å². The molecule has 1 atom stereocenters. The van der Waals surface area contributed by atoms with Gasteiger partial charge in [0.25, 0.3) is 10.0 Å². The summed E-state index contributed by atoms with van der Waals surface area (Å²) in [5.74, 6) is -0.320. The van der Waals surface area contributed by atoms with Gasteiger partial charge >= 0.3 is 0 Å². The molecule has 3 aromatic rings. The fraction of sp³-hybridized carbons (Fsp3) is 0.333. The van der Waals surface area contributed by atoms with Crippen molar-refractivity contribution in [3.05, 3.63) is 87.9 Å². The highest BCUT2D eigenvalue weighted by Gasteiger charge is 2.32. The van der Waals surface area contributed by atoms with Crippen molar-refractivity contribution in [2.24, 2.45) is 0 Å². The number of hydrogen-bond acceptors (Lipinski definition) is 5. The van der Waals surface area contributed by atoms with Crippen molar-refractivity contribution < 1.29 is 22.7 Å². The minimum atomic E-state index is -4.21. The lowest BCUT2D eigenvalue weighted by atomic mass is 10.1. The number of anilines is 1. The lowest BCUT2D eigenvalue weighted by molar-refractivity contribution is -0.139. The molecule has 8 nitrogen and oxygen atoms in total. The second kappa shape index (κ2) is 14.6. The zero-order chi connectivity index (χ0) is 30.2. The van der Waals surface area contributed by atoms with E-state index in [-0.39, 0.29) is 33.1 Å². The molecule has 41 heavy (non-hydrogen) atoms. The number of nitrogens with zero attached hydrogens (tertiary/aromatic N) is 2. The van der Waals surface area contributed by atoms with E-state index in [2.05, 4.69) is 5.32 Å². The maximum atomic E-state index is 14.0. The maximum absolute atomic E-state index is 14.0. The number of ether oxygens (including phenoxy) is 1. The van der Waals surface area contributed by atoms with Crippen LogP contribution in [0.3, 0.4) is 0 Å². The van der Waals surface area contributed by atoms with E-state index in [9.17, 15) is 18.0 Å². The third-order valence-corrected chi connectivity index (χ3v) is 9.09. The molecule has 0 bridgehead atoms. The molecule has 0 aromatic heterocycles. The molecule has 11 heteroatoms. The van der Waals surface area contributed by atoms with Gasteiger partial charge in [-0.25, -0.2) is 8.42 Å². The Morgan fingerprint density at radius 1 is 1.00 bits per heavy atom. The maximum Gasteiger partial charge on any atom is 0.264 e. The lowest BCUT2D eigenvalue weighted by Gasteiger charge is -2.32. The van der Waals surface area contributed by atoms with Crippen LogP contribution in [0, 0.1) is 6.92 Å². The molecule has 0 aliphatic rings. The molecule has 2 amide bonds. The normalized spacial score (nSPS) is 12.0.